The molecule has 1 heterocycles. The molecule has 104 valence electrons. The van der Waals surface area contributed by atoms with Gasteiger partial charge in [-0.3, -0.25) is 4.79 Å². The first-order valence-corrected chi connectivity index (χ1v) is 7.69. The van der Waals surface area contributed by atoms with E-state index in [9.17, 15) is 4.79 Å². The van der Waals surface area contributed by atoms with Crippen molar-refractivity contribution in [2.24, 2.45) is 5.92 Å². The van der Waals surface area contributed by atoms with Gasteiger partial charge in [0, 0.05) is 6.54 Å². The highest BCUT2D eigenvalue weighted by atomic mass is 32.1. The number of aromatic nitrogens is 2. The zero-order chi connectivity index (χ0) is 13.9. The van der Waals surface area contributed by atoms with Crippen LogP contribution < -0.4 is 5.32 Å². The van der Waals surface area contributed by atoms with Gasteiger partial charge in [-0.1, -0.05) is 35.6 Å². The second-order valence-corrected chi connectivity index (χ2v) is 6.40. The molecule has 1 aromatic heterocycles. The lowest BCUT2D eigenvalue weighted by molar-refractivity contribution is 0.0944. The number of nitrogens with one attached hydrogen (secondary N) is 1. The third-order valence-corrected chi connectivity index (χ3v) is 4.56. The van der Waals surface area contributed by atoms with Gasteiger partial charge in [0.15, 0.2) is 0 Å². The number of hydrogen-bond donors (Lipinski definition) is 1. The standard InChI is InChI=1S/C15H17N3OS/c1-10-17-18-15(20-10)14(19)16-9-11-6-7-12-4-2-3-5-13(12)8-11/h2-5,11H,6-9H2,1H3,(H,16,19). The fourth-order valence-electron chi connectivity index (χ4n) is 2.65. The lowest BCUT2D eigenvalue weighted by atomic mass is 9.84. The SMILES string of the molecule is Cc1nnc(C(=O)NCC2CCc3ccccc3C2)s1. The van der Waals surface area contributed by atoms with Gasteiger partial charge in [0.2, 0.25) is 5.01 Å². The Kier molecular flexibility index (Phi) is 3.78. The molecule has 1 aliphatic carbocycles. The molecule has 0 bridgehead atoms. The average Bonchev–Trinajstić information content (AvgIpc) is 2.91. The zero-order valence-corrected chi connectivity index (χ0v) is 12.2. The van der Waals surface area contributed by atoms with E-state index >= 15 is 0 Å². The molecular weight excluding hydrogens is 270 g/mol. The van der Waals surface area contributed by atoms with Crippen molar-refractivity contribution < 1.29 is 4.79 Å². The summed E-state index contributed by atoms with van der Waals surface area (Å²) < 4.78 is 0. The lowest BCUT2D eigenvalue weighted by Gasteiger charge is -2.24. The van der Waals surface area contributed by atoms with E-state index in [-0.39, 0.29) is 5.91 Å². The van der Waals surface area contributed by atoms with E-state index in [0.717, 1.165) is 24.3 Å². The summed E-state index contributed by atoms with van der Waals surface area (Å²) >= 11 is 1.34. The van der Waals surface area contributed by atoms with Crippen molar-refractivity contribution in [3.8, 4) is 0 Å². The predicted molar refractivity (Wildman–Crippen MR) is 78.9 cm³/mol. The van der Waals surface area contributed by atoms with Crippen LogP contribution in [0.15, 0.2) is 24.3 Å². The number of carbonyl (C=O) groups is 1. The van der Waals surface area contributed by atoms with Crippen molar-refractivity contribution in [3.63, 3.8) is 0 Å². The molecule has 0 spiro atoms. The van der Waals surface area contributed by atoms with Gasteiger partial charge in [0.25, 0.3) is 5.91 Å². The summed E-state index contributed by atoms with van der Waals surface area (Å²) in [6.07, 6.45) is 3.28. The Morgan fingerprint density at radius 2 is 2.15 bits per heavy atom. The third-order valence-electron chi connectivity index (χ3n) is 3.72. The predicted octanol–water partition coefficient (Wildman–Crippen LogP) is 2.38. The number of rotatable bonds is 3. The highest BCUT2D eigenvalue weighted by molar-refractivity contribution is 7.13. The van der Waals surface area contributed by atoms with Crippen LogP contribution in [0.5, 0.6) is 0 Å². The van der Waals surface area contributed by atoms with Crippen molar-refractivity contribution in [2.45, 2.75) is 26.2 Å². The average molecular weight is 287 g/mol. The Hall–Kier alpha value is -1.75. The molecule has 5 heteroatoms. The summed E-state index contributed by atoms with van der Waals surface area (Å²) in [5.74, 6) is 0.414. The van der Waals surface area contributed by atoms with E-state index in [1.807, 2.05) is 6.92 Å². The molecule has 1 aromatic carbocycles. The molecule has 1 atom stereocenters. The zero-order valence-electron chi connectivity index (χ0n) is 11.4. The maximum absolute atomic E-state index is 11.9. The number of hydrogen-bond acceptors (Lipinski definition) is 4. The fraction of sp³-hybridized carbons (Fsp3) is 0.400. The van der Waals surface area contributed by atoms with Gasteiger partial charge >= 0.3 is 0 Å². The van der Waals surface area contributed by atoms with E-state index in [4.69, 9.17) is 0 Å². The molecule has 0 saturated heterocycles. The minimum Gasteiger partial charge on any atom is -0.350 e. The quantitative estimate of drug-likeness (QED) is 0.943. The molecule has 0 fully saturated rings. The van der Waals surface area contributed by atoms with Crippen LogP contribution in [0.1, 0.15) is 32.4 Å². The van der Waals surface area contributed by atoms with Crippen molar-refractivity contribution in [2.75, 3.05) is 6.54 Å². The van der Waals surface area contributed by atoms with Crippen LogP contribution in [-0.2, 0) is 12.8 Å². The Labute approximate surface area is 122 Å². The second-order valence-electron chi connectivity index (χ2n) is 5.21. The highest BCUT2D eigenvalue weighted by Crippen LogP contribution is 2.24. The summed E-state index contributed by atoms with van der Waals surface area (Å²) in [4.78, 5) is 11.9. The Morgan fingerprint density at radius 3 is 2.90 bits per heavy atom. The molecule has 4 nitrogen and oxygen atoms in total. The second kappa shape index (κ2) is 5.71. The molecule has 2 aromatic rings. The van der Waals surface area contributed by atoms with Gasteiger partial charge in [-0.2, -0.15) is 0 Å². The minimum absolute atomic E-state index is 0.102. The first-order chi connectivity index (χ1) is 9.72. The van der Waals surface area contributed by atoms with E-state index in [1.165, 1.54) is 22.5 Å². The first-order valence-electron chi connectivity index (χ1n) is 6.87. The monoisotopic (exact) mass is 287 g/mol. The van der Waals surface area contributed by atoms with Gasteiger partial charge in [-0.05, 0) is 43.2 Å². The van der Waals surface area contributed by atoms with Crippen LogP contribution in [0.25, 0.3) is 0 Å². The summed E-state index contributed by atoms with van der Waals surface area (Å²) in [5, 5.41) is 12.0. The fourth-order valence-corrected chi connectivity index (χ4v) is 3.26. The molecule has 3 rings (SSSR count). The Balaban J connectivity index is 1.56. The van der Waals surface area contributed by atoms with E-state index < -0.39 is 0 Å². The van der Waals surface area contributed by atoms with Gasteiger partial charge < -0.3 is 5.32 Å². The Morgan fingerprint density at radius 1 is 1.35 bits per heavy atom. The maximum atomic E-state index is 11.9. The Bertz CT molecular complexity index is 623. The third kappa shape index (κ3) is 2.88. The van der Waals surface area contributed by atoms with Crippen LogP contribution >= 0.6 is 11.3 Å². The molecule has 1 amide bonds. The number of nitrogens with zero attached hydrogens (tertiary/aromatic N) is 2. The topological polar surface area (TPSA) is 54.9 Å². The molecule has 0 radical (unpaired) electrons. The molecule has 1 unspecified atom stereocenters. The van der Waals surface area contributed by atoms with Crippen molar-refractivity contribution in [3.05, 3.63) is 45.4 Å². The van der Waals surface area contributed by atoms with Gasteiger partial charge in [-0.25, -0.2) is 0 Å². The number of amides is 1. The maximum Gasteiger partial charge on any atom is 0.282 e. The summed E-state index contributed by atoms with van der Waals surface area (Å²) in [7, 11) is 0. The van der Waals surface area contributed by atoms with E-state index in [0.29, 0.717) is 17.5 Å². The molecule has 1 aliphatic rings. The smallest absolute Gasteiger partial charge is 0.282 e. The lowest BCUT2D eigenvalue weighted by Crippen LogP contribution is -2.31. The number of aryl methyl sites for hydroxylation is 2. The normalized spacial score (nSPS) is 17.6. The first kappa shape index (κ1) is 13.2. The van der Waals surface area contributed by atoms with Crippen LogP contribution in [0.2, 0.25) is 0 Å². The number of carbonyl (C=O) groups excluding carboxylic acids is 1. The van der Waals surface area contributed by atoms with Crippen molar-refractivity contribution in [1.82, 2.24) is 15.5 Å². The van der Waals surface area contributed by atoms with E-state index in [2.05, 4.69) is 39.8 Å². The number of benzene rings is 1. The minimum atomic E-state index is -0.102. The van der Waals surface area contributed by atoms with Gasteiger partial charge in [0.05, 0.1) is 0 Å². The summed E-state index contributed by atoms with van der Waals surface area (Å²) in [6, 6.07) is 8.58. The van der Waals surface area contributed by atoms with Crippen LogP contribution in [0.3, 0.4) is 0 Å². The van der Waals surface area contributed by atoms with Crippen LogP contribution in [0, 0.1) is 12.8 Å². The largest absolute Gasteiger partial charge is 0.350 e. The number of fused-ring (bicyclic) bond motifs is 1. The van der Waals surface area contributed by atoms with Gasteiger partial charge in [-0.15, -0.1) is 10.2 Å². The molecule has 0 saturated carbocycles. The molecule has 20 heavy (non-hydrogen) atoms. The highest BCUT2D eigenvalue weighted by Gasteiger charge is 2.19. The van der Waals surface area contributed by atoms with Crippen LogP contribution in [-0.4, -0.2) is 22.6 Å². The van der Waals surface area contributed by atoms with Crippen LogP contribution in [0.4, 0.5) is 0 Å². The summed E-state index contributed by atoms with van der Waals surface area (Å²) in [6.45, 7) is 2.57. The van der Waals surface area contributed by atoms with E-state index in [1.54, 1.807) is 0 Å². The molecule has 0 aliphatic heterocycles. The molecular formula is C15H17N3OS. The molecule has 1 N–H and O–H groups in total. The van der Waals surface area contributed by atoms with Gasteiger partial charge in [0.1, 0.15) is 5.01 Å². The summed E-state index contributed by atoms with van der Waals surface area (Å²) in [5.41, 5.74) is 2.87. The van der Waals surface area contributed by atoms with Crippen molar-refractivity contribution >= 4 is 17.2 Å². The van der Waals surface area contributed by atoms with Crippen molar-refractivity contribution in [1.29, 1.82) is 0 Å².